The number of allylic oxidation sites excluding steroid dienone is 1. The molecule has 1 rings (SSSR count). The molecule has 60 valence electrons. The first-order chi connectivity index (χ1) is 5.34. The van der Waals surface area contributed by atoms with Crippen molar-refractivity contribution in [3.8, 4) is 0 Å². The van der Waals surface area contributed by atoms with Crippen LogP contribution in [0.15, 0.2) is 23.4 Å². The Morgan fingerprint density at radius 3 is 3.00 bits per heavy atom. The molecule has 0 saturated heterocycles. The number of rotatable bonds is 4. The van der Waals surface area contributed by atoms with E-state index in [9.17, 15) is 0 Å². The Morgan fingerprint density at radius 1 is 1.64 bits per heavy atom. The van der Waals surface area contributed by atoms with E-state index in [1.54, 1.807) is 11.3 Å². The number of hydrogen-bond acceptors (Lipinski definition) is 1. The predicted molar refractivity (Wildman–Crippen MR) is 52.9 cm³/mol. The van der Waals surface area contributed by atoms with Crippen LogP contribution in [0.2, 0.25) is 0 Å². The minimum atomic E-state index is 1.15. The van der Waals surface area contributed by atoms with Crippen molar-refractivity contribution < 1.29 is 0 Å². The maximum Gasteiger partial charge on any atom is -0.00182 e. The van der Waals surface area contributed by atoms with E-state index >= 15 is 0 Å². The predicted octanol–water partition coefficient (Wildman–Crippen LogP) is 3.95. The Morgan fingerprint density at radius 2 is 2.45 bits per heavy atom. The molecule has 1 aromatic heterocycles. The molecule has 0 aliphatic rings. The van der Waals surface area contributed by atoms with Gasteiger partial charge in [-0.1, -0.05) is 19.9 Å². The second-order valence-corrected chi connectivity index (χ2v) is 3.50. The first-order valence-electron chi connectivity index (χ1n) is 4.05. The van der Waals surface area contributed by atoms with E-state index in [0.717, 1.165) is 6.42 Å². The van der Waals surface area contributed by atoms with Gasteiger partial charge in [-0.05, 0) is 40.8 Å². The third kappa shape index (κ3) is 2.51. The summed E-state index contributed by atoms with van der Waals surface area (Å²) in [5, 5.41) is 4.27. The molecule has 0 spiro atoms. The fourth-order valence-electron chi connectivity index (χ4n) is 1.00. The first-order valence-corrected chi connectivity index (χ1v) is 4.99. The highest BCUT2D eigenvalue weighted by Crippen LogP contribution is 2.20. The van der Waals surface area contributed by atoms with E-state index in [2.05, 4.69) is 30.3 Å². The van der Waals surface area contributed by atoms with Crippen LogP contribution < -0.4 is 0 Å². The van der Waals surface area contributed by atoms with Gasteiger partial charge in [-0.15, -0.1) is 0 Å². The molecular weight excluding hydrogens is 152 g/mol. The Bertz CT molecular complexity index is 209. The van der Waals surface area contributed by atoms with Gasteiger partial charge in [0.2, 0.25) is 0 Å². The van der Waals surface area contributed by atoms with Gasteiger partial charge in [-0.3, -0.25) is 0 Å². The smallest absolute Gasteiger partial charge is 0.00182 e. The highest BCUT2D eigenvalue weighted by atomic mass is 32.1. The van der Waals surface area contributed by atoms with Crippen LogP contribution in [0, 0.1) is 0 Å². The minimum absolute atomic E-state index is 1.15. The van der Waals surface area contributed by atoms with Gasteiger partial charge in [0.1, 0.15) is 0 Å². The van der Waals surface area contributed by atoms with E-state index in [-0.39, 0.29) is 0 Å². The van der Waals surface area contributed by atoms with Gasteiger partial charge in [0.15, 0.2) is 0 Å². The van der Waals surface area contributed by atoms with Crippen molar-refractivity contribution in [3.63, 3.8) is 0 Å². The molecule has 0 nitrogen and oxygen atoms in total. The summed E-state index contributed by atoms with van der Waals surface area (Å²) in [6.07, 6.45) is 3.66. The van der Waals surface area contributed by atoms with Crippen molar-refractivity contribution in [3.05, 3.63) is 29.0 Å². The molecule has 1 aromatic rings. The highest BCUT2D eigenvalue weighted by molar-refractivity contribution is 7.08. The maximum absolute atomic E-state index is 4.04. The lowest BCUT2D eigenvalue weighted by molar-refractivity contribution is 0.825. The molecule has 11 heavy (non-hydrogen) atoms. The third-order valence-electron chi connectivity index (χ3n) is 1.76. The lowest BCUT2D eigenvalue weighted by atomic mass is 10.1. The summed E-state index contributed by atoms with van der Waals surface area (Å²) in [4.78, 5) is 0. The number of thiophene rings is 1. The van der Waals surface area contributed by atoms with Crippen LogP contribution in [0.3, 0.4) is 0 Å². The van der Waals surface area contributed by atoms with Crippen molar-refractivity contribution in [1.82, 2.24) is 0 Å². The molecule has 0 unspecified atom stereocenters. The zero-order valence-electron chi connectivity index (χ0n) is 6.97. The Balaban J connectivity index is 2.43. The standard InChI is InChI=1S/C10H14S/c1-3-4-5-9(2)10-6-7-11-8-10/h6-8H,2-5H2,1H3. The monoisotopic (exact) mass is 166 g/mol. The van der Waals surface area contributed by atoms with Crippen LogP contribution >= 0.6 is 11.3 Å². The molecule has 0 aliphatic heterocycles. The van der Waals surface area contributed by atoms with Gasteiger partial charge in [-0.25, -0.2) is 0 Å². The Labute approximate surface area is 72.6 Å². The maximum atomic E-state index is 4.04. The molecule has 1 heterocycles. The van der Waals surface area contributed by atoms with Crippen LogP contribution in [-0.2, 0) is 0 Å². The molecule has 0 bridgehead atoms. The van der Waals surface area contributed by atoms with Crippen molar-refractivity contribution in [1.29, 1.82) is 0 Å². The van der Waals surface area contributed by atoms with E-state index < -0.39 is 0 Å². The van der Waals surface area contributed by atoms with Crippen molar-refractivity contribution in [2.24, 2.45) is 0 Å². The Hall–Kier alpha value is -0.560. The van der Waals surface area contributed by atoms with Crippen molar-refractivity contribution in [2.75, 3.05) is 0 Å². The zero-order valence-corrected chi connectivity index (χ0v) is 7.79. The molecular formula is C10H14S. The summed E-state index contributed by atoms with van der Waals surface area (Å²) >= 11 is 1.74. The van der Waals surface area contributed by atoms with Crippen LogP contribution in [0.5, 0.6) is 0 Å². The molecule has 0 aliphatic carbocycles. The van der Waals surface area contributed by atoms with Crippen LogP contribution in [0.4, 0.5) is 0 Å². The average molecular weight is 166 g/mol. The fourth-order valence-corrected chi connectivity index (χ4v) is 1.70. The summed E-state index contributed by atoms with van der Waals surface area (Å²) in [5.41, 5.74) is 2.61. The lowest BCUT2D eigenvalue weighted by Gasteiger charge is -1.99. The second kappa shape index (κ2) is 4.35. The van der Waals surface area contributed by atoms with Crippen LogP contribution in [0.1, 0.15) is 31.7 Å². The van der Waals surface area contributed by atoms with Gasteiger partial charge in [0.05, 0.1) is 0 Å². The number of unbranched alkanes of at least 4 members (excludes halogenated alkanes) is 1. The van der Waals surface area contributed by atoms with E-state index in [1.807, 2.05) is 0 Å². The summed E-state index contributed by atoms with van der Waals surface area (Å²) < 4.78 is 0. The SMILES string of the molecule is C=C(CCCC)c1ccsc1. The van der Waals surface area contributed by atoms with Gasteiger partial charge < -0.3 is 0 Å². The lowest BCUT2D eigenvalue weighted by Crippen LogP contribution is -1.78. The molecule has 1 heteroatoms. The molecule has 0 amide bonds. The van der Waals surface area contributed by atoms with Gasteiger partial charge >= 0.3 is 0 Å². The third-order valence-corrected chi connectivity index (χ3v) is 2.44. The van der Waals surface area contributed by atoms with Crippen LogP contribution in [0.25, 0.3) is 5.57 Å². The summed E-state index contributed by atoms with van der Waals surface area (Å²) in [7, 11) is 0. The molecule has 0 saturated carbocycles. The van der Waals surface area contributed by atoms with E-state index in [1.165, 1.54) is 24.0 Å². The largest absolute Gasteiger partial charge is 0.152 e. The first kappa shape index (κ1) is 8.54. The quantitative estimate of drug-likeness (QED) is 0.635. The number of hydrogen-bond donors (Lipinski definition) is 0. The average Bonchev–Trinajstić information content (AvgIpc) is 2.52. The van der Waals surface area contributed by atoms with Gasteiger partial charge in [-0.2, -0.15) is 11.3 Å². The normalized spacial score (nSPS) is 9.91. The zero-order chi connectivity index (χ0) is 8.10. The molecule has 0 N–H and O–H groups in total. The molecule has 0 aromatic carbocycles. The van der Waals surface area contributed by atoms with Gasteiger partial charge in [0.25, 0.3) is 0 Å². The molecule has 0 radical (unpaired) electrons. The van der Waals surface area contributed by atoms with E-state index in [0.29, 0.717) is 0 Å². The minimum Gasteiger partial charge on any atom is -0.152 e. The summed E-state index contributed by atoms with van der Waals surface area (Å²) in [6.45, 7) is 6.25. The van der Waals surface area contributed by atoms with Gasteiger partial charge in [0, 0.05) is 0 Å². The summed E-state index contributed by atoms with van der Waals surface area (Å²) in [5.74, 6) is 0. The van der Waals surface area contributed by atoms with Crippen molar-refractivity contribution >= 4 is 16.9 Å². The van der Waals surface area contributed by atoms with Crippen molar-refractivity contribution in [2.45, 2.75) is 26.2 Å². The highest BCUT2D eigenvalue weighted by Gasteiger charge is 1.96. The second-order valence-electron chi connectivity index (χ2n) is 2.72. The molecule has 0 atom stereocenters. The molecule has 0 fully saturated rings. The van der Waals surface area contributed by atoms with Crippen LogP contribution in [-0.4, -0.2) is 0 Å². The Kier molecular flexibility index (Phi) is 3.37. The van der Waals surface area contributed by atoms with E-state index in [4.69, 9.17) is 0 Å². The fraction of sp³-hybridized carbons (Fsp3) is 0.400. The summed E-state index contributed by atoms with van der Waals surface area (Å²) in [6, 6.07) is 2.14. The topological polar surface area (TPSA) is 0 Å².